The van der Waals surface area contributed by atoms with Gasteiger partial charge < -0.3 is 10.5 Å². The van der Waals surface area contributed by atoms with E-state index in [0.29, 0.717) is 11.7 Å². The number of nitrogen functional groups attached to an aromatic ring is 1. The van der Waals surface area contributed by atoms with Gasteiger partial charge in [0, 0.05) is 0 Å². The monoisotopic (exact) mass is 257 g/mol. The van der Waals surface area contributed by atoms with Crippen molar-refractivity contribution in [3.8, 4) is 11.6 Å². The van der Waals surface area contributed by atoms with E-state index in [4.69, 9.17) is 10.5 Å². The number of aryl methyl sites for hydroxylation is 1. The summed E-state index contributed by atoms with van der Waals surface area (Å²) in [7, 11) is 0. The molecule has 0 spiro atoms. The summed E-state index contributed by atoms with van der Waals surface area (Å²) in [6, 6.07) is 8.08. The van der Waals surface area contributed by atoms with Gasteiger partial charge in [-0.1, -0.05) is 32.4 Å². The maximum atomic E-state index is 5.82. The summed E-state index contributed by atoms with van der Waals surface area (Å²) in [6.45, 7) is 4.17. The van der Waals surface area contributed by atoms with Gasteiger partial charge in [0.05, 0.1) is 5.56 Å². The highest BCUT2D eigenvalue weighted by Gasteiger charge is 2.09. The van der Waals surface area contributed by atoms with Gasteiger partial charge >= 0.3 is 0 Å². The zero-order valence-corrected chi connectivity index (χ0v) is 11.4. The Labute approximate surface area is 113 Å². The lowest BCUT2D eigenvalue weighted by molar-refractivity contribution is 0.455. The van der Waals surface area contributed by atoms with E-state index in [2.05, 4.69) is 29.0 Å². The van der Waals surface area contributed by atoms with Crippen molar-refractivity contribution in [1.29, 1.82) is 0 Å². The average Bonchev–Trinajstić information content (AvgIpc) is 2.42. The van der Waals surface area contributed by atoms with E-state index in [-0.39, 0.29) is 0 Å². The van der Waals surface area contributed by atoms with Gasteiger partial charge in [-0.05, 0) is 30.5 Å². The SMILES string of the molecule is CCCc1ccc(Oc2ncnc(N)c2CC)cc1. The largest absolute Gasteiger partial charge is 0.439 e. The molecule has 2 N–H and O–H groups in total. The summed E-state index contributed by atoms with van der Waals surface area (Å²) >= 11 is 0. The molecule has 0 saturated heterocycles. The summed E-state index contributed by atoms with van der Waals surface area (Å²) in [5.41, 5.74) is 7.98. The van der Waals surface area contributed by atoms with Crippen LogP contribution in [0.25, 0.3) is 0 Å². The first-order valence-corrected chi connectivity index (χ1v) is 6.60. The average molecular weight is 257 g/mol. The summed E-state index contributed by atoms with van der Waals surface area (Å²) in [5.74, 6) is 1.79. The zero-order chi connectivity index (χ0) is 13.7. The van der Waals surface area contributed by atoms with E-state index in [1.165, 1.54) is 11.9 Å². The third kappa shape index (κ3) is 3.22. The van der Waals surface area contributed by atoms with Gasteiger partial charge in [-0.2, -0.15) is 0 Å². The fraction of sp³-hybridized carbons (Fsp3) is 0.333. The van der Waals surface area contributed by atoms with Crippen molar-refractivity contribution in [3.63, 3.8) is 0 Å². The highest BCUT2D eigenvalue weighted by Crippen LogP contribution is 2.26. The van der Waals surface area contributed by atoms with E-state index in [9.17, 15) is 0 Å². The first-order chi connectivity index (χ1) is 9.24. The van der Waals surface area contributed by atoms with E-state index >= 15 is 0 Å². The van der Waals surface area contributed by atoms with Crippen molar-refractivity contribution < 1.29 is 4.74 Å². The third-order valence-corrected chi connectivity index (χ3v) is 2.97. The van der Waals surface area contributed by atoms with Crippen LogP contribution in [0.3, 0.4) is 0 Å². The zero-order valence-electron chi connectivity index (χ0n) is 11.4. The Balaban J connectivity index is 2.19. The topological polar surface area (TPSA) is 61.0 Å². The minimum absolute atomic E-state index is 0.482. The molecule has 0 aliphatic heterocycles. The van der Waals surface area contributed by atoms with Gasteiger partial charge in [0.1, 0.15) is 17.9 Å². The molecule has 2 rings (SSSR count). The summed E-state index contributed by atoms with van der Waals surface area (Å²) < 4.78 is 5.78. The molecule has 100 valence electrons. The summed E-state index contributed by atoms with van der Waals surface area (Å²) in [5, 5.41) is 0. The van der Waals surface area contributed by atoms with Crippen LogP contribution in [-0.4, -0.2) is 9.97 Å². The maximum absolute atomic E-state index is 5.82. The predicted octanol–water partition coefficient (Wildman–Crippen LogP) is 3.37. The molecule has 1 aromatic heterocycles. The number of aromatic nitrogens is 2. The van der Waals surface area contributed by atoms with Crippen LogP contribution in [0.2, 0.25) is 0 Å². The van der Waals surface area contributed by atoms with Crippen molar-refractivity contribution in [3.05, 3.63) is 41.7 Å². The van der Waals surface area contributed by atoms with Crippen LogP contribution < -0.4 is 10.5 Å². The quantitative estimate of drug-likeness (QED) is 0.892. The lowest BCUT2D eigenvalue weighted by Gasteiger charge is -2.10. The van der Waals surface area contributed by atoms with Gasteiger partial charge in [0.2, 0.25) is 5.88 Å². The maximum Gasteiger partial charge on any atom is 0.227 e. The van der Waals surface area contributed by atoms with Crippen molar-refractivity contribution in [2.75, 3.05) is 5.73 Å². The molecular formula is C15H19N3O. The second-order valence-corrected chi connectivity index (χ2v) is 4.39. The summed E-state index contributed by atoms with van der Waals surface area (Å²) in [4.78, 5) is 8.13. The number of nitrogens with two attached hydrogens (primary N) is 1. The first-order valence-electron chi connectivity index (χ1n) is 6.60. The van der Waals surface area contributed by atoms with E-state index in [0.717, 1.165) is 30.6 Å². The molecule has 19 heavy (non-hydrogen) atoms. The van der Waals surface area contributed by atoms with E-state index < -0.39 is 0 Å². The minimum atomic E-state index is 0.482. The van der Waals surface area contributed by atoms with Gasteiger partial charge in [0.25, 0.3) is 0 Å². The Kier molecular flexibility index (Phi) is 4.34. The van der Waals surface area contributed by atoms with Crippen LogP contribution >= 0.6 is 0 Å². The van der Waals surface area contributed by atoms with Crippen LogP contribution in [0.1, 0.15) is 31.4 Å². The first kappa shape index (κ1) is 13.3. The Morgan fingerprint density at radius 1 is 1.11 bits per heavy atom. The van der Waals surface area contributed by atoms with Gasteiger partial charge in [-0.3, -0.25) is 0 Å². The molecule has 0 amide bonds. The van der Waals surface area contributed by atoms with Gasteiger partial charge in [-0.25, -0.2) is 9.97 Å². The highest BCUT2D eigenvalue weighted by atomic mass is 16.5. The molecule has 1 heterocycles. The van der Waals surface area contributed by atoms with Crippen LogP contribution in [0, 0.1) is 0 Å². The van der Waals surface area contributed by atoms with Gasteiger partial charge in [-0.15, -0.1) is 0 Å². The van der Waals surface area contributed by atoms with E-state index in [1.807, 2.05) is 19.1 Å². The number of benzene rings is 1. The van der Waals surface area contributed by atoms with Crippen molar-refractivity contribution in [2.24, 2.45) is 0 Å². The van der Waals surface area contributed by atoms with Gasteiger partial charge in [0.15, 0.2) is 0 Å². The minimum Gasteiger partial charge on any atom is -0.439 e. The lowest BCUT2D eigenvalue weighted by Crippen LogP contribution is -2.01. The number of anilines is 1. The molecule has 2 aromatic rings. The third-order valence-electron chi connectivity index (χ3n) is 2.97. The fourth-order valence-electron chi connectivity index (χ4n) is 1.95. The second-order valence-electron chi connectivity index (χ2n) is 4.39. The number of rotatable bonds is 5. The second kappa shape index (κ2) is 6.18. The lowest BCUT2D eigenvalue weighted by atomic mass is 10.1. The molecule has 0 aliphatic rings. The normalized spacial score (nSPS) is 10.4. The smallest absolute Gasteiger partial charge is 0.227 e. The van der Waals surface area contributed by atoms with E-state index in [1.54, 1.807) is 0 Å². The van der Waals surface area contributed by atoms with Crippen molar-refractivity contribution >= 4 is 5.82 Å². The molecular weight excluding hydrogens is 238 g/mol. The Morgan fingerprint density at radius 3 is 2.47 bits per heavy atom. The molecule has 0 saturated carbocycles. The van der Waals surface area contributed by atoms with Crippen LogP contribution in [0.15, 0.2) is 30.6 Å². The highest BCUT2D eigenvalue weighted by molar-refractivity contribution is 5.46. The number of ether oxygens (including phenoxy) is 1. The molecule has 0 fully saturated rings. The Hall–Kier alpha value is -2.10. The molecule has 4 heteroatoms. The fourth-order valence-corrected chi connectivity index (χ4v) is 1.95. The Morgan fingerprint density at radius 2 is 1.84 bits per heavy atom. The molecule has 1 aromatic carbocycles. The van der Waals surface area contributed by atoms with Crippen molar-refractivity contribution in [2.45, 2.75) is 33.1 Å². The molecule has 0 aliphatic carbocycles. The van der Waals surface area contributed by atoms with Crippen LogP contribution in [0.5, 0.6) is 11.6 Å². The Bertz CT molecular complexity index is 538. The van der Waals surface area contributed by atoms with Crippen LogP contribution in [0.4, 0.5) is 5.82 Å². The summed E-state index contributed by atoms with van der Waals surface area (Å²) in [6.07, 6.45) is 4.40. The van der Waals surface area contributed by atoms with Crippen LogP contribution in [-0.2, 0) is 12.8 Å². The molecule has 0 bridgehead atoms. The van der Waals surface area contributed by atoms with Crippen molar-refractivity contribution in [1.82, 2.24) is 9.97 Å². The number of hydrogen-bond acceptors (Lipinski definition) is 4. The molecule has 0 radical (unpaired) electrons. The molecule has 4 nitrogen and oxygen atoms in total. The standard InChI is InChI=1S/C15H19N3O/c1-3-5-11-6-8-12(9-7-11)19-15-13(4-2)14(16)17-10-18-15/h6-10H,3-5H2,1-2H3,(H2,16,17,18). The number of hydrogen-bond donors (Lipinski definition) is 1. The molecule has 0 atom stereocenters. The number of nitrogens with zero attached hydrogens (tertiary/aromatic N) is 2. The predicted molar refractivity (Wildman–Crippen MR) is 76.3 cm³/mol. The molecule has 0 unspecified atom stereocenters.